The molecule has 0 unspecified atom stereocenters. The van der Waals surface area contributed by atoms with Gasteiger partial charge in [0.2, 0.25) is 0 Å². The Hall–Kier alpha value is -1.99. The van der Waals surface area contributed by atoms with Crippen LogP contribution in [0.25, 0.3) is 5.69 Å². The highest BCUT2D eigenvalue weighted by atomic mass is 35.5. The van der Waals surface area contributed by atoms with Gasteiger partial charge in [-0.3, -0.25) is 9.59 Å². The number of para-hydroxylation sites is 1. The summed E-state index contributed by atoms with van der Waals surface area (Å²) in [5, 5.41) is 16.1. The van der Waals surface area contributed by atoms with Crippen LogP contribution in [0.15, 0.2) is 30.3 Å². The Labute approximate surface area is 142 Å². The summed E-state index contributed by atoms with van der Waals surface area (Å²) < 4.78 is 1.62. The number of carboxylic acid groups (broad SMARTS) is 1. The molecule has 0 saturated heterocycles. The van der Waals surface area contributed by atoms with E-state index < -0.39 is 5.97 Å². The number of carbonyl (C=O) groups is 2. The van der Waals surface area contributed by atoms with Gasteiger partial charge in [-0.1, -0.05) is 23.7 Å². The Kier molecular flexibility index (Phi) is 6.06. The first-order valence-electron chi connectivity index (χ1n) is 6.88. The van der Waals surface area contributed by atoms with Gasteiger partial charge in [-0.05, 0) is 25.1 Å². The number of aliphatic carboxylic acids is 1. The first kappa shape index (κ1) is 17.4. The second kappa shape index (κ2) is 8.03. The van der Waals surface area contributed by atoms with Crippen molar-refractivity contribution in [3.63, 3.8) is 0 Å². The first-order chi connectivity index (χ1) is 11.0. The molecule has 0 bridgehead atoms. The summed E-state index contributed by atoms with van der Waals surface area (Å²) in [6.07, 6.45) is 0. The van der Waals surface area contributed by atoms with Gasteiger partial charge in [0.15, 0.2) is 5.69 Å². The van der Waals surface area contributed by atoms with E-state index in [1.165, 1.54) is 11.8 Å². The summed E-state index contributed by atoms with van der Waals surface area (Å²) in [4.78, 5) is 22.5. The zero-order valence-corrected chi connectivity index (χ0v) is 14.0. The number of nitrogens with zero attached hydrogens (tertiary/aromatic N) is 2. The summed E-state index contributed by atoms with van der Waals surface area (Å²) in [5.74, 6) is -0.608. The van der Waals surface area contributed by atoms with Crippen molar-refractivity contribution in [1.82, 2.24) is 15.1 Å². The van der Waals surface area contributed by atoms with Crippen molar-refractivity contribution in [2.75, 3.05) is 18.1 Å². The molecule has 0 aliphatic rings. The van der Waals surface area contributed by atoms with Crippen LogP contribution in [0.5, 0.6) is 0 Å². The smallest absolute Gasteiger partial charge is 0.313 e. The Morgan fingerprint density at radius 1 is 1.39 bits per heavy atom. The van der Waals surface area contributed by atoms with Gasteiger partial charge in [0.1, 0.15) is 0 Å². The van der Waals surface area contributed by atoms with E-state index in [-0.39, 0.29) is 11.7 Å². The van der Waals surface area contributed by atoms with Crippen LogP contribution >= 0.6 is 23.4 Å². The zero-order valence-electron chi connectivity index (χ0n) is 12.5. The number of hydrogen-bond acceptors (Lipinski definition) is 4. The standard InChI is InChI=1S/C15H16ClN3O3S/c1-10-8-12(15(22)17-6-7-23-9-14(20)21)18-19(10)13-5-3-2-4-11(13)16/h2-5,8H,6-7,9H2,1H3,(H,17,22)(H,20,21). The lowest BCUT2D eigenvalue weighted by atomic mass is 10.3. The number of nitrogens with one attached hydrogen (secondary N) is 1. The number of thioether (sulfide) groups is 1. The average Bonchev–Trinajstić information content (AvgIpc) is 2.89. The lowest BCUT2D eigenvalue weighted by Crippen LogP contribution is -2.26. The molecule has 1 heterocycles. The van der Waals surface area contributed by atoms with E-state index in [0.717, 1.165) is 5.69 Å². The fraction of sp³-hybridized carbons (Fsp3) is 0.267. The average molecular weight is 354 g/mol. The van der Waals surface area contributed by atoms with Gasteiger partial charge in [-0.15, -0.1) is 11.8 Å². The monoisotopic (exact) mass is 353 g/mol. The van der Waals surface area contributed by atoms with Gasteiger partial charge >= 0.3 is 5.97 Å². The number of halogens is 1. The number of rotatable bonds is 7. The highest BCUT2D eigenvalue weighted by molar-refractivity contribution is 7.99. The predicted octanol–water partition coefficient (Wildman–Crippen LogP) is 2.38. The maximum Gasteiger partial charge on any atom is 0.313 e. The Morgan fingerprint density at radius 2 is 2.13 bits per heavy atom. The van der Waals surface area contributed by atoms with E-state index in [9.17, 15) is 9.59 Å². The lowest BCUT2D eigenvalue weighted by molar-refractivity contribution is -0.133. The largest absolute Gasteiger partial charge is 0.481 e. The van der Waals surface area contributed by atoms with Gasteiger partial charge in [0, 0.05) is 18.0 Å². The van der Waals surface area contributed by atoms with Crippen LogP contribution in [-0.4, -0.2) is 44.8 Å². The Morgan fingerprint density at radius 3 is 2.83 bits per heavy atom. The molecule has 1 aromatic carbocycles. The molecule has 0 atom stereocenters. The van der Waals surface area contributed by atoms with E-state index in [0.29, 0.717) is 28.7 Å². The van der Waals surface area contributed by atoms with Crippen LogP contribution < -0.4 is 5.32 Å². The first-order valence-corrected chi connectivity index (χ1v) is 8.41. The molecule has 0 fully saturated rings. The zero-order chi connectivity index (χ0) is 16.8. The van der Waals surface area contributed by atoms with E-state index >= 15 is 0 Å². The molecule has 0 saturated carbocycles. The molecular formula is C15H16ClN3O3S. The quantitative estimate of drug-likeness (QED) is 0.746. The number of carbonyl (C=O) groups excluding carboxylic acids is 1. The SMILES string of the molecule is Cc1cc(C(=O)NCCSCC(=O)O)nn1-c1ccccc1Cl. The van der Waals surface area contributed by atoms with Gasteiger partial charge in [-0.2, -0.15) is 5.10 Å². The Balaban J connectivity index is 1.99. The molecule has 1 aromatic heterocycles. The number of benzene rings is 1. The minimum Gasteiger partial charge on any atom is -0.481 e. The van der Waals surface area contributed by atoms with E-state index in [2.05, 4.69) is 10.4 Å². The van der Waals surface area contributed by atoms with Crippen LogP contribution in [0, 0.1) is 6.92 Å². The maximum absolute atomic E-state index is 12.1. The molecule has 0 radical (unpaired) electrons. The van der Waals surface area contributed by atoms with E-state index in [1.807, 2.05) is 25.1 Å². The van der Waals surface area contributed by atoms with Crippen LogP contribution in [0.2, 0.25) is 5.02 Å². The summed E-state index contributed by atoms with van der Waals surface area (Å²) in [7, 11) is 0. The third-order valence-electron chi connectivity index (χ3n) is 2.96. The molecule has 6 nitrogen and oxygen atoms in total. The van der Waals surface area contributed by atoms with Crippen molar-refractivity contribution in [1.29, 1.82) is 0 Å². The molecule has 2 rings (SSSR count). The van der Waals surface area contributed by atoms with Crippen molar-refractivity contribution < 1.29 is 14.7 Å². The minimum atomic E-state index is -0.865. The van der Waals surface area contributed by atoms with Crippen LogP contribution in [0.1, 0.15) is 16.2 Å². The predicted molar refractivity (Wildman–Crippen MR) is 90.6 cm³/mol. The van der Waals surface area contributed by atoms with Gasteiger partial charge in [0.05, 0.1) is 16.5 Å². The number of aromatic nitrogens is 2. The minimum absolute atomic E-state index is 0.0239. The fourth-order valence-corrected chi connectivity index (χ4v) is 2.72. The van der Waals surface area contributed by atoms with Crippen molar-refractivity contribution >= 4 is 35.2 Å². The number of hydrogen-bond donors (Lipinski definition) is 2. The molecule has 23 heavy (non-hydrogen) atoms. The highest BCUT2D eigenvalue weighted by Crippen LogP contribution is 2.21. The van der Waals surface area contributed by atoms with E-state index in [1.54, 1.807) is 16.8 Å². The summed E-state index contributed by atoms with van der Waals surface area (Å²) in [6.45, 7) is 2.23. The van der Waals surface area contributed by atoms with Crippen LogP contribution in [0.4, 0.5) is 0 Å². The highest BCUT2D eigenvalue weighted by Gasteiger charge is 2.14. The maximum atomic E-state index is 12.1. The number of aryl methyl sites for hydroxylation is 1. The molecule has 2 aromatic rings. The topological polar surface area (TPSA) is 84.2 Å². The third kappa shape index (κ3) is 4.74. The molecule has 122 valence electrons. The van der Waals surface area contributed by atoms with Crippen molar-refractivity contribution in [2.45, 2.75) is 6.92 Å². The molecule has 0 aliphatic carbocycles. The molecular weight excluding hydrogens is 338 g/mol. The number of amides is 1. The van der Waals surface area contributed by atoms with Crippen LogP contribution in [0.3, 0.4) is 0 Å². The number of carboxylic acids is 1. The van der Waals surface area contributed by atoms with Crippen molar-refractivity contribution in [3.05, 3.63) is 46.7 Å². The normalized spacial score (nSPS) is 10.5. The van der Waals surface area contributed by atoms with Gasteiger partial charge < -0.3 is 10.4 Å². The molecule has 2 N–H and O–H groups in total. The summed E-state index contributed by atoms with van der Waals surface area (Å²) >= 11 is 7.40. The molecule has 1 amide bonds. The Bertz CT molecular complexity index is 718. The van der Waals surface area contributed by atoms with E-state index in [4.69, 9.17) is 16.7 Å². The summed E-state index contributed by atoms with van der Waals surface area (Å²) in [5.41, 5.74) is 1.80. The second-order valence-electron chi connectivity index (χ2n) is 4.74. The van der Waals surface area contributed by atoms with Crippen molar-refractivity contribution in [2.24, 2.45) is 0 Å². The van der Waals surface area contributed by atoms with Gasteiger partial charge in [0.25, 0.3) is 5.91 Å². The summed E-state index contributed by atoms with van der Waals surface area (Å²) in [6, 6.07) is 8.95. The molecule has 0 spiro atoms. The third-order valence-corrected chi connectivity index (χ3v) is 4.22. The second-order valence-corrected chi connectivity index (χ2v) is 6.25. The van der Waals surface area contributed by atoms with Crippen molar-refractivity contribution in [3.8, 4) is 5.69 Å². The fourth-order valence-electron chi connectivity index (χ4n) is 1.94. The van der Waals surface area contributed by atoms with Gasteiger partial charge in [-0.25, -0.2) is 4.68 Å². The molecule has 0 aliphatic heterocycles. The van der Waals surface area contributed by atoms with Crippen LogP contribution in [-0.2, 0) is 4.79 Å². The molecule has 8 heteroatoms. The lowest BCUT2D eigenvalue weighted by Gasteiger charge is -2.06.